The van der Waals surface area contributed by atoms with Crippen LogP contribution in [0.1, 0.15) is 45.6 Å². The van der Waals surface area contributed by atoms with Gasteiger partial charge in [0, 0.05) is 24.7 Å². The summed E-state index contributed by atoms with van der Waals surface area (Å²) in [7, 11) is 0. The van der Waals surface area contributed by atoms with E-state index in [-0.39, 0.29) is 18.2 Å². The van der Waals surface area contributed by atoms with Crippen LogP contribution in [0.5, 0.6) is 0 Å². The molecule has 0 spiro atoms. The molecule has 0 aromatic heterocycles. The van der Waals surface area contributed by atoms with Crippen LogP contribution in [0.4, 0.5) is 11.4 Å². The lowest BCUT2D eigenvalue weighted by atomic mass is 9.79. The molecule has 2 amide bonds. The summed E-state index contributed by atoms with van der Waals surface area (Å²) in [5.41, 5.74) is 0.969. The van der Waals surface area contributed by atoms with Gasteiger partial charge < -0.3 is 15.7 Å². The molecule has 0 radical (unpaired) electrons. The summed E-state index contributed by atoms with van der Waals surface area (Å²) in [6.45, 7) is 6.80. The summed E-state index contributed by atoms with van der Waals surface area (Å²) in [6.07, 6.45) is 0.688. The molecule has 23 heavy (non-hydrogen) atoms. The Morgan fingerprint density at radius 3 is 2.22 bits per heavy atom. The maximum atomic E-state index is 12.2. The van der Waals surface area contributed by atoms with Crippen molar-refractivity contribution in [1.29, 1.82) is 0 Å². The first kappa shape index (κ1) is 18.7. The van der Waals surface area contributed by atoms with Crippen LogP contribution in [0.15, 0.2) is 18.2 Å². The summed E-state index contributed by atoms with van der Waals surface area (Å²) in [6, 6.07) is 5.17. The first-order valence-electron chi connectivity index (χ1n) is 7.65. The number of benzene rings is 1. The third kappa shape index (κ3) is 4.81. The molecule has 0 aliphatic heterocycles. The minimum Gasteiger partial charge on any atom is -0.481 e. The highest BCUT2D eigenvalue weighted by atomic mass is 16.4. The van der Waals surface area contributed by atoms with Crippen molar-refractivity contribution < 1.29 is 19.5 Å². The molecular formula is C17H24N2O4. The highest BCUT2D eigenvalue weighted by Crippen LogP contribution is 2.31. The van der Waals surface area contributed by atoms with Crippen molar-refractivity contribution in [1.82, 2.24) is 0 Å². The van der Waals surface area contributed by atoms with Gasteiger partial charge in [0.25, 0.3) is 0 Å². The van der Waals surface area contributed by atoms with Gasteiger partial charge in [-0.05, 0) is 37.5 Å². The van der Waals surface area contributed by atoms with E-state index >= 15 is 0 Å². The molecule has 0 saturated heterocycles. The summed E-state index contributed by atoms with van der Waals surface area (Å²) < 4.78 is 0. The van der Waals surface area contributed by atoms with Crippen molar-refractivity contribution >= 4 is 29.2 Å². The molecule has 0 atom stereocenters. The zero-order valence-corrected chi connectivity index (χ0v) is 14.0. The third-order valence-electron chi connectivity index (χ3n) is 4.14. The Morgan fingerprint density at radius 2 is 1.74 bits per heavy atom. The van der Waals surface area contributed by atoms with Gasteiger partial charge in [0.05, 0.1) is 5.41 Å². The molecule has 0 fully saturated rings. The normalized spacial score (nSPS) is 11.0. The lowest BCUT2D eigenvalue weighted by Crippen LogP contribution is -2.34. The molecule has 0 aliphatic rings. The van der Waals surface area contributed by atoms with E-state index in [1.807, 2.05) is 6.92 Å². The fourth-order valence-corrected chi connectivity index (χ4v) is 2.41. The van der Waals surface area contributed by atoms with E-state index in [4.69, 9.17) is 0 Å². The SMILES string of the molecule is CCC(CC)(CC(=O)Nc1ccc(C)c(NC(C)=O)c1)C(=O)O. The molecule has 0 heterocycles. The highest BCUT2D eigenvalue weighted by Gasteiger charge is 2.37. The highest BCUT2D eigenvalue weighted by molar-refractivity contribution is 5.96. The molecule has 6 heteroatoms. The van der Waals surface area contributed by atoms with E-state index < -0.39 is 11.4 Å². The number of carbonyl (C=O) groups is 3. The molecule has 0 unspecified atom stereocenters. The van der Waals surface area contributed by atoms with Crippen molar-refractivity contribution in [3.63, 3.8) is 0 Å². The number of amides is 2. The Hall–Kier alpha value is -2.37. The van der Waals surface area contributed by atoms with Crippen LogP contribution in [0, 0.1) is 12.3 Å². The van der Waals surface area contributed by atoms with Crippen LogP contribution in [-0.2, 0) is 14.4 Å². The molecule has 0 saturated carbocycles. The van der Waals surface area contributed by atoms with E-state index in [0.717, 1.165) is 5.56 Å². The number of nitrogens with one attached hydrogen (secondary N) is 2. The van der Waals surface area contributed by atoms with Crippen LogP contribution < -0.4 is 10.6 Å². The van der Waals surface area contributed by atoms with Crippen LogP contribution in [-0.4, -0.2) is 22.9 Å². The number of rotatable bonds is 7. The second-order valence-electron chi connectivity index (χ2n) is 5.73. The second-order valence-corrected chi connectivity index (χ2v) is 5.73. The number of aliphatic carboxylic acids is 1. The van der Waals surface area contributed by atoms with Crippen LogP contribution in [0.25, 0.3) is 0 Å². The monoisotopic (exact) mass is 320 g/mol. The quantitative estimate of drug-likeness (QED) is 0.719. The maximum Gasteiger partial charge on any atom is 0.310 e. The first-order valence-corrected chi connectivity index (χ1v) is 7.65. The van der Waals surface area contributed by atoms with E-state index in [9.17, 15) is 19.5 Å². The molecule has 1 aromatic carbocycles. The van der Waals surface area contributed by atoms with Crippen molar-refractivity contribution in [2.75, 3.05) is 10.6 Å². The van der Waals surface area contributed by atoms with Gasteiger partial charge >= 0.3 is 5.97 Å². The first-order chi connectivity index (χ1) is 10.7. The molecular weight excluding hydrogens is 296 g/mol. The summed E-state index contributed by atoms with van der Waals surface area (Å²) in [5.74, 6) is -1.51. The Bertz CT molecular complexity index is 607. The Morgan fingerprint density at radius 1 is 1.13 bits per heavy atom. The van der Waals surface area contributed by atoms with E-state index in [1.165, 1.54) is 6.92 Å². The van der Waals surface area contributed by atoms with Gasteiger partial charge in [0.1, 0.15) is 0 Å². The topological polar surface area (TPSA) is 95.5 Å². The lowest BCUT2D eigenvalue weighted by Gasteiger charge is -2.25. The van der Waals surface area contributed by atoms with Crippen molar-refractivity contribution in [3.8, 4) is 0 Å². The number of hydrogen-bond acceptors (Lipinski definition) is 3. The fraction of sp³-hybridized carbons (Fsp3) is 0.471. The van der Waals surface area contributed by atoms with E-state index in [2.05, 4.69) is 10.6 Å². The van der Waals surface area contributed by atoms with Crippen molar-refractivity contribution in [2.45, 2.75) is 47.0 Å². The van der Waals surface area contributed by atoms with E-state index in [0.29, 0.717) is 24.2 Å². The number of carboxylic acids is 1. The van der Waals surface area contributed by atoms with Crippen LogP contribution in [0.2, 0.25) is 0 Å². The van der Waals surface area contributed by atoms with Crippen molar-refractivity contribution in [2.24, 2.45) is 5.41 Å². The zero-order valence-electron chi connectivity index (χ0n) is 14.0. The van der Waals surface area contributed by atoms with Gasteiger partial charge in [-0.1, -0.05) is 19.9 Å². The molecule has 0 aliphatic carbocycles. The van der Waals surface area contributed by atoms with Gasteiger partial charge in [0.2, 0.25) is 11.8 Å². The van der Waals surface area contributed by atoms with Gasteiger partial charge in [-0.2, -0.15) is 0 Å². The number of anilines is 2. The standard InChI is InChI=1S/C17H24N2O4/c1-5-17(6-2,16(22)23)10-15(21)19-13-8-7-11(3)14(9-13)18-12(4)20/h7-9H,5-6,10H2,1-4H3,(H,18,20)(H,19,21)(H,22,23). The van der Waals surface area contributed by atoms with Gasteiger partial charge in [-0.15, -0.1) is 0 Å². The molecule has 3 N–H and O–H groups in total. The average molecular weight is 320 g/mol. The predicted octanol–water partition coefficient (Wildman–Crippen LogP) is 3.17. The van der Waals surface area contributed by atoms with Gasteiger partial charge in [0.15, 0.2) is 0 Å². The van der Waals surface area contributed by atoms with Gasteiger partial charge in [-0.25, -0.2) is 0 Å². The fourth-order valence-electron chi connectivity index (χ4n) is 2.41. The van der Waals surface area contributed by atoms with E-state index in [1.54, 1.807) is 32.0 Å². The smallest absolute Gasteiger partial charge is 0.310 e. The molecule has 126 valence electrons. The predicted molar refractivity (Wildman–Crippen MR) is 89.4 cm³/mol. The summed E-state index contributed by atoms with van der Waals surface area (Å²) >= 11 is 0. The zero-order chi connectivity index (χ0) is 17.6. The molecule has 1 rings (SSSR count). The number of hydrogen-bond donors (Lipinski definition) is 3. The third-order valence-corrected chi connectivity index (χ3v) is 4.14. The maximum absolute atomic E-state index is 12.2. The Balaban J connectivity index is 2.89. The molecule has 0 bridgehead atoms. The van der Waals surface area contributed by atoms with Crippen LogP contribution in [0.3, 0.4) is 0 Å². The van der Waals surface area contributed by atoms with Crippen molar-refractivity contribution in [3.05, 3.63) is 23.8 Å². The minimum absolute atomic E-state index is 0.0846. The minimum atomic E-state index is -1.05. The summed E-state index contributed by atoms with van der Waals surface area (Å²) in [5, 5.41) is 14.8. The average Bonchev–Trinajstić information content (AvgIpc) is 2.47. The second kappa shape index (κ2) is 7.76. The Labute approximate surface area is 136 Å². The van der Waals surface area contributed by atoms with Gasteiger partial charge in [-0.3, -0.25) is 14.4 Å². The summed E-state index contributed by atoms with van der Waals surface area (Å²) in [4.78, 5) is 34.8. The lowest BCUT2D eigenvalue weighted by molar-refractivity contribution is -0.151. The number of aryl methyl sites for hydroxylation is 1. The number of carboxylic acid groups (broad SMARTS) is 1. The Kier molecular flexibility index (Phi) is 6.30. The molecule has 1 aromatic rings. The van der Waals surface area contributed by atoms with Crippen LogP contribution >= 0.6 is 0 Å². The molecule has 6 nitrogen and oxygen atoms in total. The largest absolute Gasteiger partial charge is 0.481 e. The number of carbonyl (C=O) groups excluding carboxylic acids is 2.